The Kier molecular flexibility index (Phi) is 12.6. The minimum absolute atomic E-state index is 0.0632. The van der Waals surface area contributed by atoms with Crippen LogP contribution in [0.15, 0.2) is 60.8 Å². The van der Waals surface area contributed by atoms with Crippen molar-refractivity contribution in [1.82, 2.24) is 20.2 Å². The largest absolute Gasteiger partial charge is 0.481 e. The molecule has 0 bridgehead atoms. The zero-order chi connectivity index (χ0) is 39.3. The van der Waals surface area contributed by atoms with E-state index in [4.69, 9.17) is 37.8 Å². The summed E-state index contributed by atoms with van der Waals surface area (Å²) in [6, 6.07) is 16.5. The van der Waals surface area contributed by atoms with Crippen LogP contribution < -0.4 is 20.1 Å². The average Bonchev–Trinajstić information content (AvgIpc) is 3.56. The molecule has 2 aromatic heterocycles. The van der Waals surface area contributed by atoms with Crippen molar-refractivity contribution in [2.75, 3.05) is 32.1 Å². The summed E-state index contributed by atoms with van der Waals surface area (Å²) in [5.74, 6) is -1.43. The Morgan fingerprint density at radius 3 is 2.58 bits per heavy atom. The van der Waals surface area contributed by atoms with E-state index in [1.807, 2.05) is 30.3 Å². The molecule has 15 heteroatoms. The second-order valence-electron chi connectivity index (χ2n) is 14.2. The molecular formula is C40H43Cl2N5O8. The summed E-state index contributed by atoms with van der Waals surface area (Å²) in [5, 5.41) is 34.8. The third-order valence-electron chi connectivity index (χ3n) is 10.0. The van der Waals surface area contributed by atoms with E-state index in [0.29, 0.717) is 59.9 Å². The Labute approximate surface area is 328 Å². The number of carbonyl (C=O) groups is 3. The summed E-state index contributed by atoms with van der Waals surface area (Å²) in [6.45, 7) is 3.94. The first kappa shape index (κ1) is 39.9. The molecule has 5 N–H and O–H groups in total. The topological polar surface area (TPSA) is 183 Å². The van der Waals surface area contributed by atoms with E-state index < -0.39 is 29.4 Å². The molecule has 1 fully saturated rings. The van der Waals surface area contributed by atoms with E-state index in [-0.39, 0.29) is 42.4 Å². The molecule has 0 unspecified atom stereocenters. The zero-order valence-corrected chi connectivity index (χ0v) is 32.0. The fourth-order valence-electron chi connectivity index (χ4n) is 7.26. The number of piperidine rings is 1. The van der Waals surface area contributed by atoms with Crippen molar-refractivity contribution in [2.45, 2.75) is 64.3 Å². The Bertz CT molecular complexity index is 2070. The molecule has 1 amide bonds. The highest BCUT2D eigenvalue weighted by Gasteiger charge is 2.37. The molecule has 3 heterocycles. The number of rotatable bonds is 15. The standard InChI is InChI=1S/C40H43Cl2N5O8/c1-40(39(52)53)14-5-15-47(22-40)21-23-10-13-33(44-18-23)45-36(51)30-9-4-8-29(35(30)42)26-6-3-7-28-27(26)11-12-32(28)55-38-31(41)16-24(37(46-38)54-2)19-43-20-25(48)17-34(49)50/h3-4,6-10,13,16,18,25,32,43,48H,5,11-12,14-15,17,19-22H2,1-2H3,(H,49,50)(H,52,53)(H,44,45,51)/t25-,32-,40-/m0/s1. The minimum atomic E-state index is -1.09. The molecular weight excluding hydrogens is 749 g/mol. The zero-order valence-electron chi connectivity index (χ0n) is 30.5. The number of anilines is 1. The molecule has 13 nitrogen and oxygen atoms in total. The first-order valence-corrected chi connectivity index (χ1v) is 18.7. The van der Waals surface area contributed by atoms with Gasteiger partial charge in [-0.05, 0) is 79.6 Å². The van der Waals surface area contributed by atoms with Gasteiger partial charge in [-0.25, -0.2) is 4.98 Å². The number of likely N-dealkylation sites (tertiary alicyclic amines) is 1. The number of nitrogens with one attached hydrogen (secondary N) is 2. The number of hydrogen-bond acceptors (Lipinski definition) is 10. The van der Waals surface area contributed by atoms with Crippen LogP contribution in [0.1, 0.15) is 71.3 Å². The third-order valence-corrected chi connectivity index (χ3v) is 10.7. The summed E-state index contributed by atoms with van der Waals surface area (Å²) in [6.07, 6.45) is 2.70. The number of aliphatic carboxylic acids is 2. The van der Waals surface area contributed by atoms with Gasteiger partial charge in [0.25, 0.3) is 5.91 Å². The molecule has 55 heavy (non-hydrogen) atoms. The quantitative estimate of drug-likeness (QED) is 0.0896. The van der Waals surface area contributed by atoms with Crippen LogP contribution in [0.2, 0.25) is 10.0 Å². The third kappa shape index (κ3) is 9.37. The number of fused-ring (bicyclic) bond motifs is 1. The molecule has 2 aliphatic rings. The van der Waals surface area contributed by atoms with Gasteiger partial charge >= 0.3 is 11.9 Å². The van der Waals surface area contributed by atoms with E-state index >= 15 is 0 Å². The summed E-state index contributed by atoms with van der Waals surface area (Å²) in [7, 11) is 1.47. The van der Waals surface area contributed by atoms with Crippen LogP contribution in [0.4, 0.5) is 5.82 Å². The Morgan fingerprint density at radius 2 is 1.85 bits per heavy atom. The maximum atomic E-state index is 13.5. The van der Waals surface area contributed by atoms with E-state index in [1.54, 1.807) is 37.4 Å². The van der Waals surface area contributed by atoms with Crippen molar-refractivity contribution in [3.8, 4) is 22.9 Å². The Morgan fingerprint density at radius 1 is 1.07 bits per heavy atom. The van der Waals surface area contributed by atoms with E-state index in [1.165, 1.54) is 7.11 Å². The fourth-order valence-corrected chi connectivity index (χ4v) is 7.79. The number of aliphatic hydroxyl groups is 1. The molecule has 2 aromatic carbocycles. The Balaban J connectivity index is 1.12. The molecule has 1 aliphatic carbocycles. The summed E-state index contributed by atoms with van der Waals surface area (Å²) < 4.78 is 11.8. The lowest BCUT2D eigenvalue weighted by atomic mass is 9.82. The van der Waals surface area contributed by atoms with Crippen LogP contribution in [0.5, 0.6) is 11.8 Å². The van der Waals surface area contributed by atoms with Crippen LogP contribution in [-0.4, -0.2) is 80.9 Å². The molecule has 290 valence electrons. The highest BCUT2D eigenvalue weighted by atomic mass is 35.5. The molecule has 0 spiro atoms. The second-order valence-corrected chi connectivity index (χ2v) is 15.0. The smallest absolute Gasteiger partial charge is 0.310 e. The number of carboxylic acid groups (broad SMARTS) is 2. The number of carbonyl (C=O) groups excluding carboxylic acids is 1. The van der Waals surface area contributed by atoms with Crippen molar-refractivity contribution in [1.29, 1.82) is 0 Å². The lowest BCUT2D eigenvalue weighted by Crippen LogP contribution is -2.45. The van der Waals surface area contributed by atoms with Gasteiger partial charge in [0.15, 0.2) is 0 Å². The van der Waals surface area contributed by atoms with Crippen molar-refractivity contribution in [3.05, 3.63) is 98.7 Å². The van der Waals surface area contributed by atoms with Gasteiger partial charge in [-0.1, -0.05) is 59.6 Å². The number of nitrogens with zero attached hydrogens (tertiary/aromatic N) is 3. The first-order chi connectivity index (χ1) is 26.3. The lowest BCUT2D eigenvalue weighted by molar-refractivity contribution is -0.151. The van der Waals surface area contributed by atoms with Gasteiger partial charge in [0.1, 0.15) is 16.9 Å². The number of carboxylic acids is 2. The second kappa shape index (κ2) is 17.3. The monoisotopic (exact) mass is 791 g/mol. The lowest BCUT2D eigenvalue weighted by Gasteiger charge is -2.37. The van der Waals surface area contributed by atoms with Crippen LogP contribution in [0.3, 0.4) is 0 Å². The SMILES string of the molecule is COc1nc(O[C@H]2CCc3c(-c4cccc(C(=O)Nc5ccc(CN6CCC[C@](C)(C(=O)O)C6)cn5)c4Cl)cccc32)c(Cl)cc1CNC[C@@H](O)CC(=O)O. The summed E-state index contributed by atoms with van der Waals surface area (Å²) >= 11 is 13.6. The van der Waals surface area contributed by atoms with E-state index in [9.17, 15) is 24.6 Å². The molecule has 0 radical (unpaired) electrons. The Hall–Kier alpha value is -4.79. The van der Waals surface area contributed by atoms with Gasteiger partial charge in [-0.2, -0.15) is 4.98 Å². The van der Waals surface area contributed by atoms with Crippen molar-refractivity contribution >= 4 is 46.9 Å². The first-order valence-electron chi connectivity index (χ1n) is 18.0. The molecule has 1 saturated heterocycles. The highest BCUT2D eigenvalue weighted by Crippen LogP contribution is 2.43. The van der Waals surface area contributed by atoms with Crippen molar-refractivity contribution < 1.29 is 39.2 Å². The number of aromatic nitrogens is 2. The van der Waals surface area contributed by atoms with Gasteiger partial charge < -0.3 is 35.4 Å². The van der Waals surface area contributed by atoms with Crippen molar-refractivity contribution in [3.63, 3.8) is 0 Å². The number of aliphatic hydroxyl groups excluding tert-OH is 1. The number of benzene rings is 2. The van der Waals surface area contributed by atoms with Gasteiger partial charge in [-0.3, -0.25) is 19.3 Å². The van der Waals surface area contributed by atoms with Crippen molar-refractivity contribution in [2.24, 2.45) is 5.41 Å². The minimum Gasteiger partial charge on any atom is -0.481 e. The number of methoxy groups -OCH3 is 1. The van der Waals surface area contributed by atoms with Gasteiger partial charge in [0, 0.05) is 43.5 Å². The van der Waals surface area contributed by atoms with Crippen LogP contribution in [0, 0.1) is 5.41 Å². The molecule has 1 aliphatic heterocycles. The number of pyridine rings is 2. The summed E-state index contributed by atoms with van der Waals surface area (Å²) in [4.78, 5) is 47.2. The number of hydrogen-bond donors (Lipinski definition) is 5. The average molecular weight is 793 g/mol. The number of amides is 1. The van der Waals surface area contributed by atoms with E-state index in [2.05, 4.69) is 25.5 Å². The molecule has 4 aromatic rings. The van der Waals surface area contributed by atoms with Gasteiger partial charge in [-0.15, -0.1) is 0 Å². The predicted octanol–water partition coefficient (Wildman–Crippen LogP) is 6.39. The normalized spacial score (nSPS) is 18.7. The van der Waals surface area contributed by atoms with Crippen LogP contribution in [-0.2, 0) is 29.1 Å². The maximum absolute atomic E-state index is 13.5. The fraction of sp³-hybridized carbons (Fsp3) is 0.375. The molecule has 0 saturated carbocycles. The van der Waals surface area contributed by atoms with Crippen LogP contribution in [0.25, 0.3) is 11.1 Å². The maximum Gasteiger partial charge on any atom is 0.310 e. The number of ether oxygens (including phenoxy) is 2. The van der Waals surface area contributed by atoms with Gasteiger partial charge in [0.2, 0.25) is 11.8 Å². The molecule has 3 atom stereocenters. The van der Waals surface area contributed by atoms with Crippen LogP contribution >= 0.6 is 23.2 Å². The highest BCUT2D eigenvalue weighted by molar-refractivity contribution is 6.37. The predicted molar refractivity (Wildman–Crippen MR) is 207 cm³/mol. The number of halogens is 2. The van der Waals surface area contributed by atoms with E-state index in [0.717, 1.165) is 35.2 Å². The summed E-state index contributed by atoms with van der Waals surface area (Å²) in [5.41, 5.74) is 4.62. The van der Waals surface area contributed by atoms with Gasteiger partial charge in [0.05, 0.1) is 35.6 Å². The molecule has 6 rings (SSSR count).